The van der Waals surface area contributed by atoms with Gasteiger partial charge in [0.15, 0.2) is 13.2 Å². The molecule has 0 spiro atoms. The molecular formula is C10H10Br3NO3S. The van der Waals surface area contributed by atoms with Crippen molar-refractivity contribution in [1.82, 2.24) is 0 Å². The Hall–Kier alpha value is 0.240. The van der Waals surface area contributed by atoms with Gasteiger partial charge >= 0.3 is 0 Å². The van der Waals surface area contributed by atoms with Gasteiger partial charge in [-0.15, -0.1) is 0 Å². The zero-order valence-corrected chi connectivity index (χ0v) is 14.6. The van der Waals surface area contributed by atoms with Crippen molar-refractivity contribution in [3.05, 3.63) is 35.4 Å². The van der Waals surface area contributed by atoms with E-state index in [1.165, 1.54) is 0 Å². The van der Waals surface area contributed by atoms with Crippen LogP contribution in [0.15, 0.2) is 24.3 Å². The molecule has 0 radical (unpaired) electrons. The molecule has 3 N–H and O–H groups in total. The summed E-state index contributed by atoms with van der Waals surface area (Å²) in [6, 6.07) is 6.60. The minimum absolute atomic E-state index is 0.351. The van der Waals surface area contributed by atoms with E-state index >= 15 is 0 Å². The van der Waals surface area contributed by atoms with Crippen molar-refractivity contribution in [2.45, 2.75) is 13.8 Å². The molecule has 0 saturated heterocycles. The predicted molar refractivity (Wildman–Crippen MR) is 82.7 cm³/mol. The standard InChI is InChI=1S/C10H10Br3NO3S/c11-10(12,13)8(18(16)17)5-6-1-3-7(4-2-6)9(14)15/h1-4,8H,5H2,(H2,14,15)(H,16,17). The van der Waals surface area contributed by atoms with Gasteiger partial charge in [0.05, 0.1) is 5.25 Å². The molecule has 100 valence electrons. The number of benzene rings is 1. The number of alkyl halides is 3. The number of halogens is 3. The van der Waals surface area contributed by atoms with Gasteiger partial charge in [0.2, 0.25) is 5.91 Å². The fraction of sp³-hybridized carbons (Fsp3) is 0.300. The van der Waals surface area contributed by atoms with Crippen LogP contribution in [0.5, 0.6) is 0 Å². The number of carbonyl (C=O) groups excluding carboxylic acids is 1. The number of primary amides is 1. The Bertz CT molecular complexity index is 458. The maximum atomic E-state index is 11.3. The first kappa shape index (κ1) is 16.3. The maximum Gasteiger partial charge on any atom is 0.248 e. The second-order valence-electron chi connectivity index (χ2n) is 3.57. The van der Waals surface area contributed by atoms with E-state index in [9.17, 15) is 13.6 Å². The SMILES string of the molecule is NC(=O)c1ccc(CC(S(=O)O)C(Br)(Br)Br)cc1. The Balaban J connectivity index is 2.89. The highest BCUT2D eigenvalue weighted by Gasteiger charge is 2.35. The van der Waals surface area contributed by atoms with Gasteiger partial charge in [0, 0.05) is 5.56 Å². The smallest absolute Gasteiger partial charge is 0.248 e. The van der Waals surface area contributed by atoms with E-state index in [-0.39, 0.29) is 0 Å². The van der Waals surface area contributed by atoms with Crippen LogP contribution in [0.3, 0.4) is 0 Å². The number of carbonyl (C=O) groups is 1. The third-order valence-corrected chi connectivity index (χ3v) is 5.84. The number of nitrogens with two attached hydrogens (primary N) is 1. The van der Waals surface area contributed by atoms with Crippen molar-refractivity contribution < 1.29 is 13.6 Å². The molecule has 18 heavy (non-hydrogen) atoms. The quantitative estimate of drug-likeness (QED) is 0.532. The van der Waals surface area contributed by atoms with Gasteiger partial charge in [0.25, 0.3) is 0 Å². The van der Waals surface area contributed by atoms with Crippen molar-refractivity contribution >= 4 is 64.8 Å². The van der Waals surface area contributed by atoms with Crippen LogP contribution in [0.4, 0.5) is 0 Å². The van der Waals surface area contributed by atoms with Crippen molar-refractivity contribution in [2.24, 2.45) is 5.73 Å². The number of rotatable bonds is 4. The molecule has 1 aromatic rings. The summed E-state index contributed by atoms with van der Waals surface area (Å²) in [6.07, 6.45) is 0.351. The average Bonchev–Trinajstić information content (AvgIpc) is 2.24. The summed E-state index contributed by atoms with van der Waals surface area (Å²) in [7, 11) is 0. The normalized spacial score (nSPS) is 15.1. The lowest BCUT2D eigenvalue weighted by atomic mass is 10.1. The monoisotopic (exact) mass is 461 g/mol. The number of hydrogen-bond acceptors (Lipinski definition) is 2. The van der Waals surface area contributed by atoms with Crippen LogP contribution >= 0.6 is 47.8 Å². The number of hydrogen-bond donors (Lipinski definition) is 2. The first-order chi connectivity index (χ1) is 8.21. The fourth-order valence-electron chi connectivity index (χ4n) is 1.32. The fourth-order valence-corrected chi connectivity index (χ4v) is 3.81. The van der Waals surface area contributed by atoms with Crippen LogP contribution in [0.1, 0.15) is 15.9 Å². The van der Waals surface area contributed by atoms with E-state index in [0.29, 0.717) is 12.0 Å². The molecular weight excluding hydrogens is 454 g/mol. The topological polar surface area (TPSA) is 80.4 Å². The first-order valence-corrected chi connectivity index (χ1v) is 8.32. The zero-order chi connectivity index (χ0) is 13.9. The lowest BCUT2D eigenvalue weighted by Gasteiger charge is -2.22. The summed E-state index contributed by atoms with van der Waals surface area (Å²) in [5, 5.41) is -0.600. The Morgan fingerprint density at radius 1 is 1.33 bits per heavy atom. The second kappa shape index (κ2) is 6.60. The molecule has 0 aliphatic heterocycles. The zero-order valence-electron chi connectivity index (χ0n) is 8.98. The van der Waals surface area contributed by atoms with Gasteiger partial charge < -0.3 is 10.3 Å². The first-order valence-electron chi connectivity index (χ1n) is 4.77. The van der Waals surface area contributed by atoms with Gasteiger partial charge in [0.1, 0.15) is 0 Å². The molecule has 1 aromatic carbocycles. The third kappa shape index (κ3) is 4.73. The molecule has 2 atom stereocenters. The van der Waals surface area contributed by atoms with E-state index in [1.807, 2.05) is 0 Å². The molecule has 0 heterocycles. The molecule has 0 fully saturated rings. The third-order valence-electron chi connectivity index (χ3n) is 2.27. The number of amides is 1. The van der Waals surface area contributed by atoms with Crippen LogP contribution in [0, 0.1) is 0 Å². The van der Waals surface area contributed by atoms with Gasteiger partial charge in [-0.1, -0.05) is 59.9 Å². The van der Waals surface area contributed by atoms with E-state index in [2.05, 4.69) is 47.8 Å². The van der Waals surface area contributed by atoms with Crippen LogP contribution in [0.2, 0.25) is 0 Å². The molecule has 0 aliphatic rings. The lowest BCUT2D eigenvalue weighted by Crippen LogP contribution is -2.31. The van der Waals surface area contributed by atoms with E-state index in [0.717, 1.165) is 5.56 Å². The Morgan fingerprint density at radius 2 is 1.83 bits per heavy atom. The van der Waals surface area contributed by atoms with E-state index in [4.69, 9.17) is 5.73 Å². The summed E-state index contributed by atoms with van der Waals surface area (Å²) >= 11 is 7.72. The molecule has 0 aromatic heterocycles. The molecule has 2 unspecified atom stereocenters. The summed E-state index contributed by atoms with van der Waals surface area (Å²) in [5.74, 6) is -0.500. The van der Waals surface area contributed by atoms with E-state index < -0.39 is 24.4 Å². The highest BCUT2D eigenvalue weighted by molar-refractivity contribution is 9.39. The Labute approximate surface area is 132 Å². The van der Waals surface area contributed by atoms with Crippen molar-refractivity contribution in [3.63, 3.8) is 0 Å². The molecule has 8 heteroatoms. The Kier molecular flexibility index (Phi) is 5.98. The van der Waals surface area contributed by atoms with Crippen LogP contribution in [-0.4, -0.2) is 22.1 Å². The highest BCUT2D eigenvalue weighted by atomic mass is 80.0. The van der Waals surface area contributed by atoms with Gasteiger partial charge in [-0.2, -0.15) is 0 Å². The summed E-state index contributed by atoms with van der Waals surface area (Å²) in [6.45, 7) is 0. The second-order valence-corrected chi connectivity index (χ2v) is 11.6. The van der Waals surface area contributed by atoms with Gasteiger partial charge in [-0.25, -0.2) is 4.21 Å². The summed E-state index contributed by atoms with van der Waals surface area (Å²) < 4.78 is 19.7. The average molecular weight is 464 g/mol. The van der Waals surface area contributed by atoms with E-state index in [1.54, 1.807) is 24.3 Å². The lowest BCUT2D eigenvalue weighted by molar-refractivity contribution is 0.100. The van der Waals surface area contributed by atoms with Crippen molar-refractivity contribution in [1.29, 1.82) is 0 Å². The van der Waals surface area contributed by atoms with Crippen molar-refractivity contribution in [2.75, 3.05) is 0 Å². The predicted octanol–water partition coefficient (Wildman–Crippen LogP) is 2.76. The van der Waals surface area contributed by atoms with Gasteiger partial charge in [-0.3, -0.25) is 4.79 Å². The maximum absolute atomic E-state index is 11.3. The minimum Gasteiger partial charge on any atom is -0.366 e. The molecule has 0 aliphatic carbocycles. The summed E-state index contributed by atoms with van der Waals surface area (Å²) in [5.41, 5.74) is 6.37. The molecule has 1 amide bonds. The molecule has 1 rings (SSSR count). The minimum atomic E-state index is -2.02. The Morgan fingerprint density at radius 3 is 2.17 bits per heavy atom. The molecule has 4 nitrogen and oxygen atoms in total. The molecule has 0 bridgehead atoms. The highest BCUT2D eigenvalue weighted by Crippen LogP contribution is 2.40. The molecule has 0 saturated carbocycles. The largest absolute Gasteiger partial charge is 0.366 e. The van der Waals surface area contributed by atoms with Crippen LogP contribution < -0.4 is 5.73 Å². The summed E-state index contributed by atoms with van der Waals surface area (Å²) in [4.78, 5) is 10.9. The van der Waals surface area contributed by atoms with Crippen LogP contribution in [0.25, 0.3) is 0 Å². The van der Waals surface area contributed by atoms with Crippen molar-refractivity contribution in [3.8, 4) is 0 Å². The van der Waals surface area contributed by atoms with Crippen LogP contribution in [-0.2, 0) is 17.5 Å². The van der Waals surface area contributed by atoms with Gasteiger partial charge in [-0.05, 0) is 24.1 Å².